The molecule has 178 valence electrons. The number of nitrogens with zero attached hydrogens (tertiary/aromatic N) is 3. The maximum Gasteiger partial charge on any atom is 0.166 e. The van der Waals surface area contributed by atoms with Crippen LogP contribution >= 0.6 is 23.2 Å². The predicted molar refractivity (Wildman–Crippen MR) is 132 cm³/mol. The molecule has 1 aromatic carbocycles. The highest BCUT2D eigenvalue weighted by molar-refractivity contribution is 6.36. The number of nitrogen functional groups attached to an aromatic ring is 1. The molecule has 0 bridgehead atoms. The molecule has 35 heavy (non-hydrogen) atoms. The van der Waals surface area contributed by atoms with Gasteiger partial charge in [-0.05, 0) is 36.9 Å². The predicted octanol–water partition coefficient (Wildman–Crippen LogP) is 4.33. The van der Waals surface area contributed by atoms with Crippen LogP contribution in [0.1, 0.15) is 25.0 Å². The normalized spacial score (nSPS) is 26.6. The van der Waals surface area contributed by atoms with Crippen LogP contribution in [0.5, 0.6) is 5.75 Å². The van der Waals surface area contributed by atoms with Crippen molar-refractivity contribution in [2.75, 3.05) is 18.9 Å². The Morgan fingerprint density at radius 3 is 2.89 bits per heavy atom. The van der Waals surface area contributed by atoms with E-state index in [9.17, 15) is 4.39 Å². The van der Waals surface area contributed by atoms with Gasteiger partial charge in [0, 0.05) is 53.2 Å². The number of fused-ring (bicyclic) bond motifs is 1. The Bertz CT molecular complexity index is 1280. The molecule has 4 heterocycles. The monoisotopic (exact) mass is 512 g/mol. The molecule has 5 rings (SSSR count). The van der Waals surface area contributed by atoms with Gasteiger partial charge in [-0.15, -0.1) is 0 Å². The van der Waals surface area contributed by atoms with Crippen LogP contribution in [-0.2, 0) is 16.0 Å². The number of aromatic nitrogens is 3. The third-order valence-electron chi connectivity index (χ3n) is 6.75. The summed E-state index contributed by atoms with van der Waals surface area (Å²) in [5.41, 5.74) is 6.63. The number of hydrogen-bond acceptors (Lipinski definition) is 6. The van der Waals surface area contributed by atoms with Crippen molar-refractivity contribution < 1.29 is 18.6 Å². The highest BCUT2D eigenvalue weighted by Gasteiger charge is 2.58. The molecule has 3 aromatic rings. The summed E-state index contributed by atoms with van der Waals surface area (Å²) in [6, 6.07) is 4.37. The standard InChI is InChI=1S/C23H21B2Cl2FN4O3/c1-12(19-16(26)2-3-17(28)20(19)27)35-18-6-13(7-30-21(18)29)14-8-31-32(9-14)10-15-11-34-23(25)22(15,24)4-5-33-23/h2-3,6-9,12,15H,4-5,10-11H2,1H3,(H2,29,30). The summed E-state index contributed by atoms with van der Waals surface area (Å²) in [7, 11) is 12.8. The second kappa shape index (κ2) is 9.00. The van der Waals surface area contributed by atoms with Crippen molar-refractivity contribution in [3.8, 4) is 16.9 Å². The quantitative estimate of drug-likeness (QED) is 0.391. The van der Waals surface area contributed by atoms with E-state index >= 15 is 0 Å². The van der Waals surface area contributed by atoms with Gasteiger partial charge >= 0.3 is 0 Å². The van der Waals surface area contributed by atoms with Gasteiger partial charge in [0.2, 0.25) is 0 Å². The summed E-state index contributed by atoms with van der Waals surface area (Å²) >= 11 is 12.4. The smallest absolute Gasteiger partial charge is 0.166 e. The Kier molecular flexibility index (Phi) is 6.28. The van der Waals surface area contributed by atoms with E-state index in [1.807, 2.05) is 6.20 Å². The number of hydrogen-bond donors (Lipinski definition) is 1. The lowest BCUT2D eigenvalue weighted by Gasteiger charge is -2.36. The molecular weight excluding hydrogens is 492 g/mol. The SMILES string of the molecule is [B]C12OCCC1([B])C(Cn1cc(-c3cnc(N)c(OC(C)c4c(Cl)ccc(F)c4Cl)c3)cn1)CO2. The number of pyridine rings is 1. The van der Waals surface area contributed by atoms with E-state index in [0.29, 0.717) is 37.5 Å². The minimum absolute atomic E-state index is 0.0622. The van der Waals surface area contributed by atoms with Gasteiger partial charge in [0.05, 0.1) is 25.7 Å². The van der Waals surface area contributed by atoms with Gasteiger partial charge in [0.15, 0.2) is 19.4 Å². The van der Waals surface area contributed by atoms with Gasteiger partial charge in [-0.2, -0.15) is 5.10 Å². The molecule has 0 aliphatic carbocycles. The van der Waals surface area contributed by atoms with Crippen LogP contribution in [-0.4, -0.2) is 49.4 Å². The van der Waals surface area contributed by atoms with Gasteiger partial charge in [-0.1, -0.05) is 23.2 Å². The summed E-state index contributed by atoms with van der Waals surface area (Å²) in [6.07, 6.45) is 5.13. The zero-order valence-corrected chi connectivity index (χ0v) is 20.4. The second-order valence-electron chi connectivity index (χ2n) is 8.89. The Labute approximate surface area is 214 Å². The van der Waals surface area contributed by atoms with Crippen LogP contribution in [0.4, 0.5) is 10.2 Å². The Hall–Kier alpha value is -2.26. The third kappa shape index (κ3) is 4.20. The average Bonchev–Trinajstić information content (AvgIpc) is 3.46. The Balaban J connectivity index is 1.35. The van der Waals surface area contributed by atoms with Crippen molar-refractivity contribution in [2.24, 2.45) is 5.92 Å². The maximum absolute atomic E-state index is 14.0. The molecule has 2 fully saturated rings. The first-order chi connectivity index (χ1) is 16.6. The van der Waals surface area contributed by atoms with E-state index in [0.717, 1.165) is 11.1 Å². The lowest BCUT2D eigenvalue weighted by Crippen LogP contribution is -2.41. The minimum Gasteiger partial charge on any atom is -0.482 e. The number of rotatable bonds is 6. The molecule has 2 N–H and O–H groups in total. The zero-order valence-electron chi connectivity index (χ0n) is 18.9. The van der Waals surface area contributed by atoms with Crippen molar-refractivity contribution in [3.05, 3.63) is 58.2 Å². The van der Waals surface area contributed by atoms with E-state index in [-0.39, 0.29) is 21.8 Å². The number of nitrogens with two attached hydrogens (primary N) is 1. The first kappa shape index (κ1) is 24.4. The van der Waals surface area contributed by atoms with Crippen LogP contribution in [0.25, 0.3) is 11.1 Å². The number of halogens is 3. The molecule has 2 aromatic heterocycles. The van der Waals surface area contributed by atoms with Crippen LogP contribution in [0.15, 0.2) is 36.8 Å². The van der Waals surface area contributed by atoms with E-state index in [4.69, 9.17) is 58.8 Å². The number of benzene rings is 1. The molecule has 12 heteroatoms. The molecule has 4 unspecified atom stereocenters. The number of anilines is 1. The fraction of sp³-hybridized carbons (Fsp3) is 0.391. The van der Waals surface area contributed by atoms with Crippen molar-refractivity contribution >= 4 is 44.7 Å². The largest absolute Gasteiger partial charge is 0.482 e. The van der Waals surface area contributed by atoms with Crippen LogP contribution in [0, 0.1) is 11.7 Å². The van der Waals surface area contributed by atoms with Gasteiger partial charge < -0.3 is 19.9 Å². The summed E-state index contributed by atoms with van der Waals surface area (Å²) in [6.45, 7) is 3.05. The summed E-state index contributed by atoms with van der Waals surface area (Å²) < 4.78 is 33.0. The topological polar surface area (TPSA) is 84.4 Å². The minimum atomic E-state index is -1.26. The molecule has 2 aliphatic rings. The van der Waals surface area contributed by atoms with Gasteiger partial charge in [0.1, 0.15) is 17.6 Å². The summed E-state index contributed by atoms with van der Waals surface area (Å²) in [4.78, 5) is 4.24. The average molecular weight is 513 g/mol. The maximum atomic E-state index is 14.0. The van der Waals surface area contributed by atoms with E-state index in [1.54, 1.807) is 30.1 Å². The summed E-state index contributed by atoms with van der Waals surface area (Å²) in [5.74, 6) is -0.171. The molecule has 0 amide bonds. The first-order valence-electron chi connectivity index (χ1n) is 11.1. The molecular formula is C23H21B2Cl2FN4O3. The van der Waals surface area contributed by atoms with Gasteiger partial charge in [0.25, 0.3) is 0 Å². The molecule has 0 spiro atoms. The highest BCUT2D eigenvalue weighted by atomic mass is 35.5. The van der Waals surface area contributed by atoms with E-state index in [2.05, 4.69) is 10.1 Å². The van der Waals surface area contributed by atoms with E-state index in [1.165, 1.54) is 12.1 Å². The second-order valence-corrected chi connectivity index (χ2v) is 9.67. The van der Waals surface area contributed by atoms with Crippen molar-refractivity contribution in [1.29, 1.82) is 0 Å². The first-order valence-corrected chi connectivity index (χ1v) is 11.8. The van der Waals surface area contributed by atoms with Crippen molar-refractivity contribution in [2.45, 2.75) is 37.0 Å². The number of ether oxygens (including phenoxy) is 3. The molecule has 2 aliphatic heterocycles. The highest BCUT2D eigenvalue weighted by Crippen LogP contribution is 2.57. The van der Waals surface area contributed by atoms with Crippen molar-refractivity contribution in [1.82, 2.24) is 14.8 Å². The van der Waals surface area contributed by atoms with Gasteiger partial charge in [-0.25, -0.2) is 9.37 Å². The zero-order chi connectivity index (χ0) is 25.0. The fourth-order valence-corrected chi connectivity index (χ4v) is 5.32. The summed E-state index contributed by atoms with van der Waals surface area (Å²) in [5, 5.41) is 3.87. The Morgan fingerprint density at radius 2 is 2.09 bits per heavy atom. The molecule has 0 saturated carbocycles. The fourth-order valence-electron chi connectivity index (χ4n) is 4.64. The Morgan fingerprint density at radius 1 is 1.29 bits per heavy atom. The molecule has 7 nitrogen and oxygen atoms in total. The van der Waals surface area contributed by atoms with Crippen molar-refractivity contribution in [3.63, 3.8) is 0 Å². The third-order valence-corrected chi connectivity index (χ3v) is 7.47. The van der Waals surface area contributed by atoms with Gasteiger partial charge in [-0.3, -0.25) is 4.68 Å². The molecule has 4 atom stereocenters. The lowest BCUT2D eigenvalue weighted by atomic mass is 9.52. The van der Waals surface area contributed by atoms with E-state index < -0.39 is 22.9 Å². The molecule has 4 radical (unpaired) electrons. The van der Waals surface area contributed by atoms with Crippen LogP contribution in [0.2, 0.25) is 15.4 Å². The van der Waals surface area contributed by atoms with Crippen LogP contribution in [0.3, 0.4) is 0 Å². The van der Waals surface area contributed by atoms with Crippen LogP contribution < -0.4 is 10.5 Å². The lowest BCUT2D eigenvalue weighted by molar-refractivity contribution is -0.127. The molecule has 2 saturated heterocycles.